The number of aliphatic hydroxyl groups is 1. The van der Waals surface area contributed by atoms with Gasteiger partial charge in [-0.1, -0.05) is 39.8 Å². The van der Waals surface area contributed by atoms with Crippen LogP contribution in [0.3, 0.4) is 0 Å². The second-order valence-corrected chi connectivity index (χ2v) is 10.8. The highest BCUT2D eigenvalue weighted by Gasteiger charge is 2.68. The van der Waals surface area contributed by atoms with Crippen molar-refractivity contribution in [3.8, 4) is 5.75 Å². The fourth-order valence-corrected chi connectivity index (χ4v) is 7.70. The highest BCUT2D eigenvalue weighted by Crippen LogP contribution is 2.75. The molecule has 4 rings (SSSR count). The number of carbonyl (C=O) groups is 1. The molecule has 164 valence electrons. The summed E-state index contributed by atoms with van der Waals surface area (Å²) in [6.45, 7) is 9.66. The number of benzene rings is 1. The van der Waals surface area contributed by atoms with Gasteiger partial charge in [-0.2, -0.15) is 0 Å². The minimum atomic E-state index is -0.796. The molecule has 1 aromatic carbocycles. The Morgan fingerprint density at radius 3 is 2.47 bits per heavy atom. The highest BCUT2D eigenvalue weighted by molar-refractivity contribution is 5.94. The fourth-order valence-electron chi connectivity index (χ4n) is 7.70. The lowest BCUT2D eigenvalue weighted by molar-refractivity contribution is -0.135. The minimum absolute atomic E-state index is 0.0263. The summed E-state index contributed by atoms with van der Waals surface area (Å²) in [5.74, 6) is 1.74. The van der Waals surface area contributed by atoms with Crippen molar-refractivity contribution < 1.29 is 19.7 Å². The first kappa shape index (κ1) is 21.4. The van der Waals surface area contributed by atoms with Crippen LogP contribution in [0.1, 0.15) is 65.4 Å². The zero-order chi connectivity index (χ0) is 21.7. The molecular formula is C26H36O4. The van der Waals surface area contributed by atoms with E-state index in [2.05, 4.69) is 27.7 Å². The Kier molecular flexibility index (Phi) is 5.29. The maximum atomic E-state index is 12.5. The molecule has 1 aromatic rings. The number of aliphatic hydroxyl groups excluding tert-OH is 1. The average molecular weight is 413 g/mol. The molecule has 4 nitrogen and oxygen atoms in total. The number of aliphatic carboxylic acids is 1. The zero-order valence-corrected chi connectivity index (χ0v) is 18.8. The molecule has 3 saturated carbocycles. The Morgan fingerprint density at radius 2 is 1.83 bits per heavy atom. The first-order valence-electron chi connectivity index (χ1n) is 11.4. The van der Waals surface area contributed by atoms with Crippen LogP contribution in [0.15, 0.2) is 29.8 Å². The lowest BCUT2D eigenvalue weighted by atomic mass is 9.56. The second kappa shape index (κ2) is 7.40. The molecule has 5 unspecified atom stereocenters. The summed E-state index contributed by atoms with van der Waals surface area (Å²) in [5.41, 5.74) is 1.69. The summed E-state index contributed by atoms with van der Waals surface area (Å²) in [4.78, 5) is 12.5. The molecule has 0 amide bonds. The van der Waals surface area contributed by atoms with E-state index in [9.17, 15) is 9.90 Å². The number of carboxylic acid groups (broad SMARTS) is 1. The van der Waals surface area contributed by atoms with Gasteiger partial charge in [-0.3, -0.25) is 0 Å². The first-order valence-corrected chi connectivity index (χ1v) is 11.4. The Balaban J connectivity index is 1.68. The number of hydrogen-bond donors (Lipinski definition) is 2. The summed E-state index contributed by atoms with van der Waals surface area (Å²) in [6.07, 6.45) is 7.77. The van der Waals surface area contributed by atoms with E-state index in [1.807, 2.05) is 30.3 Å². The van der Waals surface area contributed by atoms with Crippen molar-refractivity contribution in [2.45, 2.75) is 59.8 Å². The molecule has 0 heterocycles. The predicted molar refractivity (Wildman–Crippen MR) is 118 cm³/mol. The van der Waals surface area contributed by atoms with Gasteiger partial charge in [-0.05, 0) is 84.5 Å². The van der Waals surface area contributed by atoms with Crippen LogP contribution in [-0.4, -0.2) is 29.4 Å². The monoisotopic (exact) mass is 412 g/mol. The molecule has 1 spiro atoms. The van der Waals surface area contributed by atoms with Crippen LogP contribution in [0.25, 0.3) is 6.08 Å². The molecule has 0 aromatic heterocycles. The summed E-state index contributed by atoms with van der Waals surface area (Å²) >= 11 is 0. The SMILES string of the molecule is CC1CCC2C(C)(C)C3CC12CCC3(C)/C(=C\c1ccc(OCCO)cc1)C(=O)O. The van der Waals surface area contributed by atoms with E-state index in [-0.39, 0.29) is 24.0 Å². The van der Waals surface area contributed by atoms with Crippen LogP contribution in [0.2, 0.25) is 0 Å². The van der Waals surface area contributed by atoms with Gasteiger partial charge in [0.2, 0.25) is 0 Å². The average Bonchev–Trinajstić information content (AvgIpc) is 3.13. The van der Waals surface area contributed by atoms with Gasteiger partial charge in [0, 0.05) is 11.0 Å². The van der Waals surface area contributed by atoms with Crippen molar-refractivity contribution in [2.24, 2.45) is 34.0 Å². The molecule has 2 N–H and O–H groups in total. The first-order chi connectivity index (χ1) is 14.1. The van der Waals surface area contributed by atoms with Gasteiger partial charge in [-0.25, -0.2) is 4.79 Å². The van der Waals surface area contributed by atoms with E-state index >= 15 is 0 Å². The number of carboxylic acids is 1. The van der Waals surface area contributed by atoms with Crippen molar-refractivity contribution in [1.82, 2.24) is 0 Å². The summed E-state index contributed by atoms with van der Waals surface area (Å²) in [6, 6.07) is 7.48. The third kappa shape index (κ3) is 3.10. The number of hydrogen-bond acceptors (Lipinski definition) is 3. The van der Waals surface area contributed by atoms with E-state index < -0.39 is 5.97 Å². The second-order valence-electron chi connectivity index (χ2n) is 10.8. The van der Waals surface area contributed by atoms with Crippen molar-refractivity contribution in [1.29, 1.82) is 0 Å². The van der Waals surface area contributed by atoms with Crippen LogP contribution < -0.4 is 4.74 Å². The quantitative estimate of drug-likeness (QED) is 0.614. The summed E-state index contributed by atoms with van der Waals surface area (Å²) < 4.78 is 5.43. The van der Waals surface area contributed by atoms with Gasteiger partial charge in [0.05, 0.1) is 6.61 Å². The van der Waals surface area contributed by atoms with E-state index in [1.165, 1.54) is 19.3 Å². The van der Waals surface area contributed by atoms with Crippen molar-refractivity contribution in [3.05, 3.63) is 35.4 Å². The van der Waals surface area contributed by atoms with Gasteiger partial charge in [0.1, 0.15) is 12.4 Å². The van der Waals surface area contributed by atoms with E-state index in [4.69, 9.17) is 9.84 Å². The predicted octanol–water partition coefficient (Wildman–Crippen LogP) is 5.40. The van der Waals surface area contributed by atoms with Gasteiger partial charge < -0.3 is 14.9 Å². The topological polar surface area (TPSA) is 66.8 Å². The number of fused-ring (bicyclic) bond motifs is 1. The van der Waals surface area contributed by atoms with Crippen LogP contribution in [0, 0.1) is 34.0 Å². The van der Waals surface area contributed by atoms with Crippen molar-refractivity contribution in [2.75, 3.05) is 13.2 Å². The molecule has 0 aliphatic heterocycles. The van der Waals surface area contributed by atoms with Crippen LogP contribution in [-0.2, 0) is 4.79 Å². The smallest absolute Gasteiger partial charge is 0.332 e. The van der Waals surface area contributed by atoms with Crippen LogP contribution in [0.5, 0.6) is 5.75 Å². The molecule has 0 saturated heterocycles. The molecule has 2 bridgehead atoms. The van der Waals surface area contributed by atoms with Gasteiger partial charge >= 0.3 is 5.97 Å². The van der Waals surface area contributed by atoms with E-state index in [1.54, 1.807) is 0 Å². The molecular weight excluding hydrogens is 376 g/mol. The van der Waals surface area contributed by atoms with Crippen molar-refractivity contribution in [3.63, 3.8) is 0 Å². The Labute approximate surface area is 180 Å². The largest absolute Gasteiger partial charge is 0.491 e. The fraction of sp³-hybridized carbons (Fsp3) is 0.654. The maximum Gasteiger partial charge on any atom is 0.332 e. The zero-order valence-electron chi connectivity index (χ0n) is 18.8. The lowest BCUT2D eigenvalue weighted by Crippen LogP contribution is -2.42. The summed E-state index contributed by atoms with van der Waals surface area (Å²) in [7, 11) is 0. The minimum Gasteiger partial charge on any atom is -0.491 e. The van der Waals surface area contributed by atoms with Crippen LogP contribution in [0.4, 0.5) is 0 Å². The Morgan fingerprint density at radius 1 is 1.13 bits per heavy atom. The molecule has 5 atom stereocenters. The third-order valence-corrected chi connectivity index (χ3v) is 9.22. The molecule has 0 radical (unpaired) electrons. The van der Waals surface area contributed by atoms with Crippen molar-refractivity contribution >= 4 is 12.0 Å². The Hall–Kier alpha value is -1.81. The molecule has 4 heteroatoms. The van der Waals surface area contributed by atoms with Crippen LogP contribution >= 0.6 is 0 Å². The maximum absolute atomic E-state index is 12.5. The van der Waals surface area contributed by atoms with E-state index in [0.717, 1.165) is 24.3 Å². The standard InChI is InChI=1S/C26H36O4/c1-17-5-10-21-24(2,3)22-16-26(17,21)12-11-25(22,4)20(23(28)29)15-18-6-8-19(9-7-18)30-14-13-27/h6-9,15,17,21-22,27H,5,10-14,16H2,1-4H3,(H,28,29)/b20-15-. The number of rotatable bonds is 6. The molecule has 30 heavy (non-hydrogen) atoms. The number of ether oxygens (including phenoxy) is 1. The molecule has 3 fully saturated rings. The Bertz CT molecular complexity index is 839. The van der Waals surface area contributed by atoms with Gasteiger partial charge in [0.15, 0.2) is 0 Å². The highest BCUT2D eigenvalue weighted by atomic mass is 16.5. The molecule has 3 aliphatic rings. The van der Waals surface area contributed by atoms with Gasteiger partial charge in [0.25, 0.3) is 0 Å². The van der Waals surface area contributed by atoms with Gasteiger partial charge in [-0.15, -0.1) is 0 Å². The molecule has 3 aliphatic carbocycles. The lowest BCUT2D eigenvalue weighted by Gasteiger charge is -2.48. The summed E-state index contributed by atoms with van der Waals surface area (Å²) in [5, 5.41) is 19.2. The normalized spacial score (nSPS) is 37.1. The van der Waals surface area contributed by atoms with E-state index in [0.29, 0.717) is 28.6 Å². The third-order valence-electron chi connectivity index (χ3n) is 9.22.